The molecule has 0 aromatic carbocycles. The second-order valence-electron chi connectivity index (χ2n) is 15.9. The number of alkyl halides is 3. The number of fused-ring (bicyclic) bond motifs is 7. The van der Waals surface area contributed by atoms with Crippen molar-refractivity contribution in [2.75, 3.05) is 0 Å². The summed E-state index contributed by atoms with van der Waals surface area (Å²) >= 11 is 0. The van der Waals surface area contributed by atoms with Crippen molar-refractivity contribution >= 4 is 11.7 Å². The fraction of sp³-hybridized carbons (Fsp3) is 0.879. The first kappa shape index (κ1) is 30.1. The largest absolute Gasteiger partial charge is 0.408 e. The zero-order valence-electron chi connectivity index (χ0n) is 25.7. The fourth-order valence-corrected chi connectivity index (χ4v) is 11.3. The van der Waals surface area contributed by atoms with E-state index in [0.717, 1.165) is 57.4 Å². The minimum atomic E-state index is -4.54. The molecule has 5 aliphatic rings. The van der Waals surface area contributed by atoms with Crippen LogP contribution in [-0.4, -0.2) is 35.1 Å². The molecule has 0 aromatic rings. The van der Waals surface area contributed by atoms with Gasteiger partial charge in [0.05, 0.1) is 11.5 Å². The molecule has 7 heteroatoms. The molecular weight excluding hydrogens is 515 g/mol. The van der Waals surface area contributed by atoms with Crippen LogP contribution in [0.1, 0.15) is 113 Å². The molecule has 226 valence electrons. The minimum absolute atomic E-state index is 0.000587. The van der Waals surface area contributed by atoms with Gasteiger partial charge in [-0.3, -0.25) is 9.59 Å². The van der Waals surface area contributed by atoms with Crippen molar-refractivity contribution in [1.82, 2.24) is 5.32 Å². The number of aliphatic hydroxyl groups excluding tert-OH is 1. The summed E-state index contributed by atoms with van der Waals surface area (Å²) in [6, 6.07) is -1.96. The zero-order valence-corrected chi connectivity index (χ0v) is 25.7. The zero-order chi connectivity index (χ0) is 29.8. The van der Waals surface area contributed by atoms with E-state index in [1.54, 1.807) is 0 Å². The number of halogens is 3. The van der Waals surface area contributed by atoms with Crippen LogP contribution in [0.15, 0.2) is 11.1 Å². The van der Waals surface area contributed by atoms with Crippen LogP contribution in [0, 0.1) is 50.7 Å². The van der Waals surface area contributed by atoms with Crippen LogP contribution >= 0.6 is 0 Å². The highest BCUT2D eigenvalue weighted by Gasteiger charge is 2.70. The summed E-state index contributed by atoms with van der Waals surface area (Å²) in [5.74, 6) is 0.121. The lowest BCUT2D eigenvalue weighted by Crippen LogP contribution is -2.66. The third kappa shape index (κ3) is 3.80. The van der Waals surface area contributed by atoms with Crippen LogP contribution in [-0.2, 0) is 9.59 Å². The first-order valence-corrected chi connectivity index (χ1v) is 15.6. The van der Waals surface area contributed by atoms with E-state index in [9.17, 15) is 27.9 Å². The van der Waals surface area contributed by atoms with Crippen LogP contribution in [0.25, 0.3) is 0 Å². The monoisotopic (exact) mass is 565 g/mol. The summed E-state index contributed by atoms with van der Waals surface area (Å²) in [5.41, 5.74) is 0.159. The number of Topliss-reactive ketones (excluding diaryl/α,β-unsaturated/α-hetero) is 1. The third-order valence-electron chi connectivity index (χ3n) is 13.7. The molecule has 0 saturated heterocycles. The molecule has 1 amide bonds. The van der Waals surface area contributed by atoms with Crippen LogP contribution < -0.4 is 5.32 Å². The number of amides is 1. The van der Waals surface area contributed by atoms with Gasteiger partial charge in [-0.25, -0.2) is 0 Å². The summed E-state index contributed by atoms with van der Waals surface area (Å²) in [4.78, 5) is 27.4. The van der Waals surface area contributed by atoms with Gasteiger partial charge in [-0.2, -0.15) is 13.2 Å². The van der Waals surface area contributed by atoms with Gasteiger partial charge in [0.1, 0.15) is 6.04 Å². The Labute approximate surface area is 238 Å². The maximum Gasteiger partial charge on any atom is 0.408 e. The van der Waals surface area contributed by atoms with E-state index in [1.807, 2.05) is 13.8 Å². The quantitative estimate of drug-likeness (QED) is 0.375. The van der Waals surface area contributed by atoms with Crippen molar-refractivity contribution in [2.24, 2.45) is 50.7 Å². The van der Waals surface area contributed by atoms with Crippen molar-refractivity contribution in [2.45, 2.75) is 131 Å². The van der Waals surface area contributed by atoms with E-state index in [4.69, 9.17) is 0 Å². The van der Waals surface area contributed by atoms with E-state index in [-0.39, 0.29) is 51.8 Å². The van der Waals surface area contributed by atoms with Gasteiger partial charge >= 0.3 is 6.18 Å². The normalized spacial score (nSPS) is 45.4. The molecule has 40 heavy (non-hydrogen) atoms. The lowest BCUT2D eigenvalue weighted by molar-refractivity contribution is -0.228. The van der Waals surface area contributed by atoms with Gasteiger partial charge in [0, 0.05) is 6.42 Å². The Morgan fingerprint density at radius 2 is 1.55 bits per heavy atom. The van der Waals surface area contributed by atoms with E-state index in [0.29, 0.717) is 23.8 Å². The Kier molecular flexibility index (Phi) is 6.82. The molecule has 2 N–H and O–H groups in total. The van der Waals surface area contributed by atoms with E-state index < -0.39 is 23.5 Å². The molecular formula is C33H50F3NO3. The Bertz CT molecular complexity index is 1130. The van der Waals surface area contributed by atoms with Gasteiger partial charge in [0.2, 0.25) is 5.91 Å². The van der Waals surface area contributed by atoms with Gasteiger partial charge in [0.15, 0.2) is 5.78 Å². The SMILES string of the molecule is CC(C)C1=C2[C@H]3CC[C@@H]4[C@@]5(C)CC[C@H](O)C(C)(C)[C@@H]5CC[C@@]4(C)[C@]3(C)CC[C@@]2(C(=O)NC(C)C(F)(F)F)CC1=O. The smallest absolute Gasteiger partial charge is 0.393 e. The van der Waals surface area contributed by atoms with Gasteiger partial charge in [-0.1, -0.05) is 48.5 Å². The summed E-state index contributed by atoms with van der Waals surface area (Å²) in [6.07, 6.45) is 2.03. The first-order chi connectivity index (χ1) is 18.3. The molecule has 9 atom stereocenters. The van der Waals surface area contributed by atoms with E-state index in [1.165, 1.54) is 0 Å². The Morgan fingerprint density at radius 1 is 0.900 bits per heavy atom. The van der Waals surface area contributed by atoms with Crippen molar-refractivity contribution in [3.8, 4) is 0 Å². The maximum absolute atomic E-state index is 13.8. The molecule has 0 heterocycles. The van der Waals surface area contributed by atoms with Crippen molar-refractivity contribution in [1.29, 1.82) is 0 Å². The molecule has 0 spiro atoms. The average molecular weight is 566 g/mol. The molecule has 0 aliphatic heterocycles. The molecule has 5 aliphatic carbocycles. The maximum atomic E-state index is 13.8. The van der Waals surface area contributed by atoms with Gasteiger partial charge < -0.3 is 10.4 Å². The molecule has 4 fully saturated rings. The molecule has 4 saturated carbocycles. The van der Waals surface area contributed by atoms with Crippen LogP contribution in [0.4, 0.5) is 13.2 Å². The summed E-state index contributed by atoms with van der Waals surface area (Å²) < 4.78 is 40.5. The summed E-state index contributed by atoms with van der Waals surface area (Å²) in [6.45, 7) is 16.7. The predicted molar refractivity (Wildman–Crippen MR) is 149 cm³/mol. The molecule has 0 radical (unpaired) electrons. The minimum Gasteiger partial charge on any atom is -0.393 e. The predicted octanol–water partition coefficient (Wildman–Crippen LogP) is 7.40. The number of nitrogens with one attached hydrogen (secondary N) is 1. The second kappa shape index (κ2) is 9.07. The number of hydrogen-bond donors (Lipinski definition) is 2. The number of aliphatic hydroxyl groups is 1. The number of allylic oxidation sites excluding steroid dienone is 1. The second-order valence-corrected chi connectivity index (χ2v) is 15.9. The Hall–Kier alpha value is -1.37. The van der Waals surface area contributed by atoms with Crippen LogP contribution in [0.2, 0.25) is 0 Å². The summed E-state index contributed by atoms with van der Waals surface area (Å²) in [7, 11) is 0. The number of carbonyl (C=O) groups is 2. The topological polar surface area (TPSA) is 66.4 Å². The molecule has 1 unspecified atom stereocenters. The highest BCUT2D eigenvalue weighted by Crippen LogP contribution is 2.76. The van der Waals surface area contributed by atoms with Crippen LogP contribution in [0.3, 0.4) is 0 Å². The van der Waals surface area contributed by atoms with Crippen molar-refractivity contribution in [3.05, 3.63) is 11.1 Å². The third-order valence-corrected chi connectivity index (χ3v) is 13.7. The standard InChI is InChI=1S/C33H50F3NO3/c1-18(2)25-21(38)17-32(27(40)37-19(3)33(34,35)36)16-15-30(7)20(26(25)32)9-10-23-29(6)13-12-24(39)28(4,5)22(29)11-14-31(23,30)8/h18-20,22-24,39H,9-17H2,1-8H3,(H,37,40)/t19?,20-,22+,23-,24+,29+,30-,31-,32-/m1/s1. The highest BCUT2D eigenvalue weighted by atomic mass is 19.4. The molecule has 0 aromatic heterocycles. The lowest BCUT2D eigenvalue weighted by Gasteiger charge is -2.72. The van der Waals surface area contributed by atoms with Crippen molar-refractivity contribution < 1.29 is 27.9 Å². The lowest BCUT2D eigenvalue weighted by atomic mass is 9.33. The Balaban J connectivity index is 1.58. The first-order valence-electron chi connectivity index (χ1n) is 15.6. The average Bonchev–Trinajstić information content (AvgIpc) is 3.15. The van der Waals surface area contributed by atoms with Crippen LogP contribution in [0.5, 0.6) is 0 Å². The van der Waals surface area contributed by atoms with E-state index in [2.05, 4.69) is 39.9 Å². The number of ketones is 1. The molecule has 0 bridgehead atoms. The Morgan fingerprint density at radius 3 is 2.15 bits per heavy atom. The van der Waals surface area contributed by atoms with Gasteiger partial charge in [0.25, 0.3) is 0 Å². The van der Waals surface area contributed by atoms with Crippen molar-refractivity contribution in [3.63, 3.8) is 0 Å². The molecule has 4 nitrogen and oxygen atoms in total. The summed E-state index contributed by atoms with van der Waals surface area (Å²) in [5, 5.41) is 13.2. The fourth-order valence-electron chi connectivity index (χ4n) is 11.3. The van der Waals surface area contributed by atoms with Gasteiger partial charge in [-0.05, 0) is 115 Å². The van der Waals surface area contributed by atoms with E-state index >= 15 is 0 Å². The van der Waals surface area contributed by atoms with Gasteiger partial charge in [-0.15, -0.1) is 0 Å². The number of rotatable bonds is 3. The number of hydrogen-bond acceptors (Lipinski definition) is 3. The number of carbonyl (C=O) groups excluding carboxylic acids is 2. The highest BCUT2D eigenvalue weighted by molar-refractivity contribution is 6.07. The molecule has 5 rings (SSSR count).